The summed E-state index contributed by atoms with van der Waals surface area (Å²) in [5.74, 6) is -0.160. The molecule has 34 heavy (non-hydrogen) atoms. The van der Waals surface area contributed by atoms with E-state index in [9.17, 15) is 14.7 Å². The van der Waals surface area contributed by atoms with E-state index in [1.807, 2.05) is 12.1 Å². The third-order valence-electron chi connectivity index (χ3n) is 7.00. The fourth-order valence-corrected chi connectivity index (χ4v) is 5.39. The largest absolute Gasteiger partial charge is 0.389 e. The van der Waals surface area contributed by atoms with E-state index >= 15 is 0 Å². The van der Waals surface area contributed by atoms with Gasteiger partial charge in [-0.15, -0.1) is 0 Å². The number of hydrogen-bond donors (Lipinski definition) is 2. The number of benzene rings is 1. The van der Waals surface area contributed by atoms with Crippen molar-refractivity contribution in [2.24, 2.45) is 0 Å². The molecule has 2 amide bonds. The molecule has 2 N–H and O–H groups in total. The molecule has 2 aromatic rings. The van der Waals surface area contributed by atoms with Crippen LogP contribution in [-0.4, -0.2) is 77.0 Å². The van der Waals surface area contributed by atoms with Gasteiger partial charge in [0.25, 0.3) is 5.91 Å². The minimum absolute atomic E-state index is 0.00633. The summed E-state index contributed by atoms with van der Waals surface area (Å²) in [6, 6.07) is 11.6. The van der Waals surface area contributed by atoms with Gasteiger partial charge in [-0.25, -0.2) is 0 Å². The van der Waals surface area contributed by atoms with Gasteiger partial charge in [0.15, 0.2) is 0 Å². The first kappa shape index (κ1) is 23.0. The summed E-state index contributed by atoms with van der Waals surface area (Å²) in [4.78, 5) is 31.7. The highest BCUT2D eigenvalue weighted by molar-refractivity contribution is 5.94. The van der Waals surface area contributed by atoms with Crippen molar-refractivity contribution in [1.29, 1.82) is 0 Å². The zero-order chi connectivity index (χ0) is 23.5. The van der Waals surface area contributed by atoms with Crippen LogP contribution in [0.3, 0.4) is 0 Å². The quantitative estimate of drug-likeness (QED) is 0.710. The molecule has 0 bridgehead atoms. The van der Waals surface area contributed by atoms with Crippen LogP contribution in [-0.2, 0) is 27.1 Å². The number of ether oxygens (including phenoxy) is 2. The number of nitrogens with one attached hydrogen (secondary N) is 1. The number of hydrogen-bond acceptors (Lipinski definition) is 6. The Morgan fingerprint density at radius 2 is 1.79 bits per heavy atom. The number of pyridine rings is 1. The molecule has 8 heteroatoms. The topological polar surface area (TPSA) is 101 Å². The van der Waals surface area contributed by atoms with Gasteiger partial charge in [-0.3, -0.25) is 14.6 Å². The monoisotopic (exact) mass is 465 g/mol. The van der Waals surface area contributed by atoms with Crippen LogP contribution in [0.25, 0.3) is 0 Å². The number of amides is 2. The van der Waals surface area contributed by atoms with Crippen molar-refractivity contribution in [3.8, 4) is 0 Å². The van der Waals surface area contributed by atoms with E-state index in [0.717, 1.165) is 12.8 Å². The lowest BCUT2D eigenvalue weighted by Crippen LogP contribution is -2.57. The van der Waals surface area contributed by atoms with E-state index in [4.69, 9.17) is 9.47 Å². The fraction of sp³-hybridized carbons (Fsp3) is 0.500. The lowest BCUT2D eigenvalue weighted by molar-refractivity contribution is -0.151. The maximum Gasteiger partial charge on any atom is 0.254 e. The molecule has 5 rings (SSSR count). The average Bonchev–Trinajstić information content (AvgIpc) is 3.24. The van der Waals surface area contributed by atoms with Crippen molar-refractivity contribution >= 4 is 11.8 Å². The third kappa shape index (κ3) is 5.14. The summed E-state index contributed by atoms with van der Waals surface area (Å²) in [6.07, 6.45) is 5.20. The second-order valence-corrected chi connectivity index (χ2v) is 9.47. The van der Waals surface area contributed by atoms with Crippen molar-refractivity contribution in [3.05, 3.63) is 65.5 Å². The number of carbonyl (C=O) groups excluding carboxylic acids is 2. The van der Waals surface area contributed by atoms with Crippen LogP contribution in [0, 0.1) is 0 Å². The van der Waals surface area contributed by atoms with E-state index < -0.39 is 6.10 Å². The van der Waals surface area contributed by atoms with E-state index in [2.05, 4.69) is 22.4 Å². The van der Waals surface area contributed by atoms with Crippen molar-refractivity contribution in [2.75, 3.05) is 19.8 Å². The van der Waals surface area contributed by atoms with Crippen LogP contribution in [0.5, 0.6) is 0 Å². The van der Waals surface area contributed by atoms with Crippen LogP contribution in [0.4, 0.5) is 0 Å². The molecule has 4 atom stereocenters. The third-order valence-corrected chi connectivity index (χ3v) is 7.00. The van der Waals surface area contributed by atoms with Crippen molar-refractivity contribution < 1.29 is 24.2 Å². The lowest BCUT2D eigenvalue weighted by Gasteiger charge is -2.44. The van der Waals surface area contributed by atoms with Crippen LogP contribution in [0.15, 0.2) is 48.8 Å². The Morgan fingerprint density at radius 3 is 2.53 bits per heavy atom. The Morgan fingerprint density at radius 1 is 1.06 bits per heavy atom. The van der Waals surface area contributed by atoms with Crippen LogP contribution in [0.2, 0.25) is 0 Å². The fourth-order valence-electron chi connectivity index (χ4n) is 5.39. The lowest BCUT2D eigenvalue weighted by atomic mass is 9.94. The molecule has 8 nitrogen and oxygen atoms in total. The summed E-state index contributed by atoms with van der Waals surface area (Å²) in [5, 5.41) is 13.5. The number of rotatable bonds is 4. The van der Waals surface area contributed by atoms with Crippen LogP contribution >= 0.6 is 0 Å². The molecule has 3 heterocycles. The van der Waals surface area contributed by atoms with Gasteiger partial charge >= 0.3 is 0 Å². The van der Waals surface area contributed by atoms with Crippen molar-refractivity contribution in [3.63, 3.8) is 0 Å². The van der Waals surface area contributed by atoms with Gasteiger partial charge in [0, 0.05) is 30.5 Å². The molecule has 180 valence electrons. The Hall–Kier alpha value is -2.81. The SMILES string of the molecule is O=C(C[C@H]1CC[C@@H]2[C@H](COC[C@H](O)CN2C(=O)c2ccncc2)O1)NC1Cc2ccccc2C1. The Bertz CT molecular complexity index is 992. The standard InChI is InChI=1S/C26H31N3O5/c30-21-14-29(26(32)17-7-9-27-10-8-17)23-6-5-22(34-24(23)16-33-15-21)13-25(31)28-20-11-18-3-1-2-4-19(18)12-20/h1-4,7-10,20-24,30H,5-6,11-16H2,(H,28,31)/t21-,22-,23-,24+/m1/s1. The molecule has 0 saturated carbocycles. The number of nitrogens with zero attached hydrogens (tertiary/aromatic N) is 2. The van der Waals surface area contributed by atoms with E-state index in [1.54, 1.807) is 29.4 Å². The minimum Gasteiger partial charge on any atom is -0.389 e. The summed E-state index contributed by atoms with van der Waals surface area (Å²) < 4.78 is 12.0. The summed E-state index contributed by atoms with van der Waals surface area (Å²) in [7, 11) is 0. The zero-order valence-corrected chi connectivity index (χ0v) is 19.1. The van der Waals surface area contributed by atoms with Gasteiger partial charge in [-0.1, -0.05) is 24.3 Å². The zero-order valence-electron chi connectivity index (χ0n) is 19.1. The predicted molar refractivity (Wildman–Crippen MR) is 124 cm³/mol. The summed E-state index contributed by atoms with van der Waals surface area (Å²) >= 11 is 0. The molecule has 2 saturated heterocycles. The second-order valence-electron chi connectivity index (χ2n) is 9.47. The number of aromatic nitrogens is 1. The predicted octanol–water partition coefficient (Wildman–Crippen LogP) is 1.50. The number of fused-ring (bicyclic) bond motifs is 2. The molecular weight excluding hydrogens is 434 g/mol. The number of carbonyl (C=O) groups is 2. The normalized spacial score (nSPS) is 27.3. The van der Waals surface area contributed by atoms with E-state index in [1.165, 1.54) is 11.1 Å². The van der Waals surface area contributed by atoms with Gasteiger partial charge < -0.3 is 24.8 Å². The Labute approximate surface area is 199 Å². The van der Waals surface area contributed by atoms with Crippen LogP contribution < -0.4 is 5.32 Å². The molecular formula is C26H31N3O5. The smallest absolute Gasteiger partial charge is 0.254 e. The molecule has 0 radical (unpaired) electrons. The van der Waals surface area contributed by atoms with Crippen LogP contribution in [0.1, 0.15) is 40.7 Å². The molecule has 1 aromatic heterocycles. The highest BCUT2D eigenvalue weighted by atomic mass is 16.5. The van der Waals surface area contributed by atoms with E-state index in [-0.39, 0.29) is 62.3 Å². The van der Waals surface area contributed by atoms with Gasteiger partial charge in [0.05, 0.1) is 37.9 Å². The maximum atomic E-state index is 13.2. The molecule has 3 aliphatic rings. The first-order valence-electron chi connectivity index (χ1n) is 12.0. The Balaban J connectivity index is 1.20. The number of β-amino-alcohol motifs (C(OH)–C–C–N with tert-alkyl or cyclic N) is 1. The van der Waals surface area contributed by atoms with Gasteiger partial charge in [0.1, 0.15) is 6.10 Å². The molecule has 1 aromatic carbocycles. The minimum atomic E-state index is -0.759. The molecule has 0 spiro atoms. The first-order chi connectivity index (χ1) is 16.6. The van der Waals surface area contributed by atoms with Crippen molar-refractivity contribution in [1.82, 2.24) is 15.2 Å². The first-order valence-corrected chi connectivity index (χ1v) is 12.0. The van der Waals surface area contributed by atoms with Gasteiger partial charge in [0.2, 0.25) is 5.91 Å². The van der Waals surface area contributed by atoms with Crippen molar-refractivity contribution in [2.45, 2.75) is 62.5 Å². The van der Waals surface area contributed by atoms with Gasteiger partial charge in [-0.2, -0.15) is 0 Å². The number of aliphatic hydroxyl groups is 1. The molecule has 0 unspecified atom stereocenters. The van der Waals surface area contributed by atoms with Gasteiger partial charge in [-0.05, 0) is 48.9 Å². The molecule has 1 aliphatic carbocycles. The average molecular weight is 466 g/mol. The molecule has 2 aliphatic heterocycles. The molecule has 2 fully saturated rings. The van der Waals surface area contributed by atoms with E-state index in [0.29, 0.717) is 18.4 Å². The summed E-state index contributed by atoms with van der Waals surface area (Å²) in [6.45, 7) is 0.594. The second kappa shape index (κ2) is 10.2. The highest BCUT2D eigenvalue weighted by Gasteiger charge is 2.40. The number of aliphatic hydroxyl groups excluding tert-OH is 1. The Kier molecular flexibility index (Phi) is 6.89. The highest BCUT2D eigenvalue weighted by Crippen LogP contribution is 2.29. The maximum absolute atomic E-state index is 13.2. The summed E-state index contributed by atoms with van der Waals surface area (Å²) in [5.41, 5.74) is 3.14.